The summed E-state index contributed by atoms with van der Waals surface area (Å²) in [6, 6.07) is 0. The SMILES string of the molecule is CCN(CC)CC(=O)OC[C@H]1[C@H](C)CC(C)=C[C@@H]1C. The predicted octanol–water partition coefficient (Wildman–Crippen LogP) is 3.11. The number of rotatable bonds is 6. The maximum atomic E-state index is 11.8. The average molecular weight is 267 g/mol. The first-order chi connectivity index (χ1) is 8.97. The Morgan fingerprint density at radius 2 is 2.00 bits per heavy atom. The molecule has 0 N–H and O–H groups in total. The van der Waals surface area contributed by atoms with E-state index in [1.54, 1.807) is 0 Å². The molecule has 1 aliphatic rings. The van der Waals surface area contributed by atoms with Gasteiger partial charge in [-0.1, -0.05) is 39.3 Å². The fourth-order valence-electron chi connectivity index (χ4n) is 3.00. The number of allylic oxidation sites excluding steroid dienone is 2. The Labute approximate surface area is 118 Å². The van der Waals surface area contributed by atoms with Gasteiger partial charge >= 0.3 is 5.97 Å². The van der Waals surface area contributed by atoms with E-state index in [4.69, 9.17) is 4.74 Å². The number of ether oxygens (including phenoxy) is 1. The molecule has 1 aliphatic carbocycles. The summed E-state index contributed by atoms with van der Waals surface area (Å²) in [4.78, 5) is 13.9. The summed E-state index contributed by atoms with van der Waals surface area (Å²) in [5, 5.41) is 0. The number of hydrogen-bond donors (Lipinski definition) is 0. The maximum Gasteiger partial charge on any atom is 0.320 e. The molecular formula is C16H29NO2. The normalized spacial score (nSPS) is 27.3. The summed E-state index contributed by atoms with van der Waals surface area (Å²) in [5.74, 6) is 1.48. The summed E-state index contributed by atoms with van der Waals surface area (Å²) in [6.07, 6.45) is 3.45. The third-order valence-electron chi connectivity index (χ3n) is 4.28. The van der Waals surface area contributed by atoms with Gasteiger partial charge in [-0.25, -0.2) is 0 Å². The minimum atomic E-state index is -0.0885. The second kappa shape index (κ2) is 7.68. The van der Waals surface area contributed by atoms with Crippen molar-refractivity contribution in [3.05, 3.63) is 11.6 Å². The second-order valence-corrected chi connectivity index (χ2v) is 5.86. The van der Waals surface area contributed by atoms with E-state index in [0.29, 0.717) is 30.9 Å². The molecule has 0 unspecified atom stereocenters. The summed E-state index contributed by atoms with van der Waals surface area (Å²) < 4.78 is 5.48. The predicted molar refractivity (Wildman–Crippen MR) is 78.9 cm³/mol. The van der Waals surface area contributed by atoms with Gasteiger partial charge in [0.05, 0.1) is 13.2 Å². The van der Waals surface area contributed by atoms with Crippen LogP contribution in [0.15, 0.2) is 11.6 Å². The van der Waals surface area contributed by atoms with Gasteiger partial charge in [-0.3, -0.25) is 9.69 Å². The molecule has 19 heavy (non-hydrogen) atoms. The Bertz CT molecular complexity index is 321. The molecule has 0 fully saturated rings. The lowest BCUT2D eigenvalue weighted by Gasteiger charge is -2.32. The van der Waals surface area contributed by atoms with Crippen molar-refractivity contribution in [2.75, 3.05) is 26.2 Å². The van der Waals surface area contributed by atoms with Crippen LogP contribution in [0.25, 0.3) is 0 Å². The van der Waals surface area contributed by atoms with Gasteiger partial charge in [0, 0.05) is 5.92 Å². The van der Waals surface area contributed by atoms with Crippen LogP contribution >= 0.6 is 0 Å². The lowest BCUT2D eigenvalue weighted by atomic mass is 9.75. The van der Waals surface area contributed by atoms with E-state index in [2.05, 4.69) is 45.6 Å². The summed E-state index contributed by atoms with van der Waals surface area (Å²) in [7, 11) is 0. The van der Waals surface area contributed by atoms with Gasteiger partial charge in [0.2, 0.25) is 0 Å². The first-order valence-electron chi connectivity index (χ1n) is 7.53. The monoisotopic (exact) mass is 267 g/mol. The number of carbonyl (C=O) groups is 1. The number of nitrogens with zero attached hydrogens (tertiary/aromatic N) is 1. The molecule has 1 rings (SSSR count). The summed E-state index contributed by atoms with van der Waals surface area (Å²) >= 11 is 0. The van der Waals surface area contributed by atoms with Crippen molar-refractivity contribution in [3.63, 3.8) is 0 Å². The highest BCUT2D eigenvalue weighted by molar-refractivity contribution is 5.71. The number of hydrogen-bond acceptors (Lipinski definition) is 3. The fourth-order valence-corrected chi connectivity index (χ4v) is 3.00. The zero-order valence-corrected chi connectivity index (χ0v) is 13.1. The van der Waals surface area contributed by atoms with E-state index in [1.807, 2.05) is 0 Å². The van der Waals surface area contributed by atoms with Crippen LogP contribution in [0, 0.1) is 17.8 Å². The molecule has 3 atom stereocenters. The van der Waals surface area contributed by atoms with E-state index in [0.717, 1.165) is 19.5 Å². The Morgan fingerprint density at radius 3 is 2.53 bits per heavy atom. The lowest BCUT2D eigenvalue weighted by molar-refractivity contribution is -0.147. The summed E-state index contributed by atoms with van der Waals surface area (Å²) in [5.41, 5.74) is 1.46. The van der Waals surface area contributed by atoms with Gasteiger partial charge in [0.15, 0.2) is 0 Å². The van der Waals surface area contributed by atoms with Crippen molar-refractivity contribution >= 4 is 5.97 Å². The molecule has 0 saturated carbocycles. The molecule has 0 aromatic rings. The average Bonchev–Trinajstić information content (AvgIpc) is 2.34. The van der Waals surface area contributed by atoms with Gasteiger partial charge < -0.3 is 4.74 Å². The molecule has 0 bridgehead atoms. The summed E-state index contributed by atoms with van der Waals surface area (Å²) in [6.45, 7) is 13.6. The molecule has 0 amide bonds. The fraction of sp³-hybridized carbons (Fsp3) is 0.812. The Kier molecular flexibility index (Phi) is 6.56. The molecule has 3 nitrogen and oxygen atoms in total. The molecule has 3 heteroatoms. The van der Waals surface area contributed by atoms with Crippen LogP contribution in [-0.4, -0.2) is 37.1 Å². The van der Waals surface area contributed by atoms with Crippen LogP contribution in [-0.2, 0) is 9.53 Å². The largest absolute Gasteiger partial charge is 0.464 e. The molecule has 0 spiro atoms. The molecule has 110 valence electrons. The zero-order chi connectivity index (χ0) is 14.4. The van der Waals surface area contributed by atoms with Crippen molar-refractivity contribution < 1.29 is 9.53 Å². The quantitative estimate of drug-likeness (QED) is 0.547. The minimum Gasteiger partial charge on any atom is -0.464 e. The Morgan fingerprint density at radius 1 is 1.37 bits per heavy atom. The topological polar surface area (TPSA) is 29.5 Å². The van der Waals surface area contributed by atoms with Crippen molar-refractivity contribution in [1.29, 1.82) is 0 Å². The number of esters is 1. The lowest BCUT2D eigenvalue weighted by Crippen LogP contribution is -2.33. The molecule has 0 radical (unpaired) electrons. The molecule has 0 aromatic carbocycles. The zero-order valence-electron chi connectivity index (χ0n) is 13.1. The van der Waals surface area contributed by atoms with Crippen molar-refractivity contribution in [3.8, 4) is 0 Å². The van der Waals surface area contributed by atoms with E-state index in [-0.39, 0.29) is 5.97 Å². The Balaban J connectivity index is 2.41. The highest BCUT2D eigenvalue weighted by atomic mass is 16.5. The first kappa shape index (κ1) is 16.2. The number of likely N-dealkylation sites (N-methyl/N-ethyl adjacent to an activating group) is 1. The van der Waals surface area contributed by atoms with Crippen LogP contribution in [0.1, 0.15) is 41.0 Å². The van der Waals surface area contributed by atoms with E-state index in [9.17, 15) is 4.79 Å². The molecular weight excluding hydrogens is 238 g/mol. The van der Waals surface area contributed by atoms with Crippen LogP contribution in [0.4, 0.5) is 0 Å². The van der Waals surface area contributed by atoms with Crippen molar-refractivity contribution in [2.24, 2.45) is 17.8 Å². The van der Waals surface area contributed by atoms with E-state index in [1.165, 1.54) is 5.57 Å². The third kappa shape index (κ3) is 4.98. The van der Waals surface area contributed by atoms with Crippen LogP contribution < -0.4 is 0 Å². The van der Waals surface area contributed by atoms with Gasteiger partial charge in [-0.15, -0.1) is 0 Å². The third-order valence-corrected chi connectivity index (χ3v) is 4.28. The Hall–Kier alpha value is -0.830. The minimum absolute atomic E-state index is 0.0885. The highest BCUT2D eigenvalue weighted by Gasteiger charge is 2.27. The first-order valence-corrected chi connectivity index (χ1v) is 7.53. The van der Waals surface area contributed by atoms with Crippen molar-refractivity contribution in [2.45, 2.75) is 41.0 Å². The highest BCUT2D eigenvalue weighted by Crippen LogP contribution is 2.33. The molecule has 0 aliphatic heterocycles. The number of carbonyl (C=O) groups excluding carboxylic acids is 1. The molecule has 0 saturated heterocycles. The van der Waals surface area contributed by atoms with E-state index >= 15 is 0 Å². The van der Waals surface area contributed by atoms with Crippen LogP contribution in [0.2, 0.25) is 0 Å². The standard InChI is InChI=1S/C16H29NO2/c1-6-17(7-2)10-16(18)19-11-15-13(4)8-12(3)9-14(15)5/h8,13-15H,6-7,9-11H2,1-5H3/t13-,14+,15+/m0/s1. The second-order valence-electron chi connectivity index (χ2n) is 5.86. The van der Waals surface area contributed by atoms with Gasteiger partial charge in [-0.2, -0.15) is 0 Å². The van der Waals surface area contributed by atoms with Crippen molar-refractivity contribution in [1.82, 2.24) is 4.90 Å². The van der Waals surface area contributed by atoms with Gasteiger partial charge in [-0.05, 0) is 38.3 Å². The van der Waals surface area contributed by atoms with Crippen LogP contribution in [0.3, 0.4) is 0 Å². The molecule has 0 heterocycles. The van der Waals surface area contributed by atoms with Gasteiger partial charge in [0.1, 0.15) is 0 Å². The van der Waals surface area contributed by atoms with Crippen LogP contribution in [0.5, 0.6) is 0 Å². The van der Waals surface area contributed by atoms with E-state index < -0.39 is 0 Å². The molecule has 0 aromatic heterocycles. The smallest absolute Gasteiger partial charge is 0.320 e. The maximum absolute atomic E-state index is 11.8. The van der Waals surface area contributed by atoms with Gasteiger partial charge in [0.25, 0.3) is 0 Å².